The molecule has 0 aliphatic heterocycles. The zero-order valence-corrected chi connectivity index (χ0v) is 51.2. The molecular formula is C68H85N3O14S. The molecule has 2 aliphatic rings. The number of para-hydroxylation sites is 1. The van der Waals surface area contributed by atoms with E-state index < -0.39 is 23.8 Å². The Labute approximate surface area is 510 Å². The molecule has 1 aromatic heterocycles. The number of methoxy groups -OCH3 is 1. The van der Waals surface area contributed by atoms with Crippen molar-refractivity contribution in [3.63, 3.8) is 0 Å². The highest BCUT2D eigenvalue weighted by Gasteiger charge is 2.34. The van der Waals surface area contributed by atoms with Gasteiger partial charge in [-0.15, -0.1) is 0 Å². The van der Waals surface area contributed by atoms with Crippen LogP contribution < -0.4 is 28.7 Å². The summed E-state index contributed by atoms with van der Waals surface area (Å²) in [5, 5.41) is 7.57. The Hall–Kier alpha value is -7.86. The largest absolute Gasteiger partial charge is 0.494 e. The van der Waals surface area contributed by atoms with Crippen molar-refractivity contribution in [1.29, 1.82) is 0 Å². The third-order valence-corrected chi connectivity index (χ3v) is 16.1. The lowest BCUT2D eigenvalue weighted by Gasteiger charge is -2.26. The van der Waals surface area contributed by atoms with Gasteiger partial charge in [0.1, 0.15) is 28.7 Å². The summed E-state index contributed by atoms with van der Waals surface area (Å²) in [6.45, 7) is 15.2. The van der Waals surface area contributed by atoms with Crippen LogP contribution in [0.3, 0.4) is 0 Å². The number of hydrogen-bond donors (Lipinski definition) is 0. The zero-order chi connectivity index (χ0) is 61.5. The predicted molar refractivity (Wildman–Crippen MR) is 333 cm³/mol. The predicted octanol–water partition coefficient (Wildman–Crippen LogP) is 14.2. The second-order valence-corrected chi connectivity index (χ2v) is 22.7. The maximum Gasteiger partial charge on any atom is 0.330 e. The van der Waals surface area contributed by atoms with Gasteiger partial charge in [0.15, 0.2) is 0 Å². The van der Waals surface area contributed by atoms with E-state index in [9.17, 15) is 28.8 Å². The molecule has 0 spiro atoms. The first-order chi connectivity index (χ1) is 41.8. The van der Waals surface area contributed by atoms with Crippen LogP contribution in [0.5, 0.6) is 28.7 Å². The summed E-state index contributed by atoms with van der Waals surface area (Å²) in [4.78, 5) is 79.2. The SMILES string of the molecule is C=CC(=O)OCCCCCCOc1ccc(C)cc1.C=CC(=O)OCCCCCCOc1ccc(OC(=O)C2CCC(C(=O)Oc3ccc(OC(=O)C4CCC(C(=O)OC)CC4)c(/C=N/N(c4nc5ccccc5s4)C(C)CCCC)c3)CC2)cc1. The molecule has 86 heavy (non-hydrogen) atoms. The summed E-state index contributed by atoms with van der Waals surface area (Å²) in [5.74, 6) is -0.986. The lowest BCUT2D eigenvalue weighted by atomic mass is 9.82. The average molecular weight is 1200 g/mol. The molecule has 7 rings (SSSR count). The molecule has 0 radical (unpaired) electrons. The van der Waals surface area contributed by atoms with Crippen molar-refractivity contribution in [2.24, 2.45) is 28.8 Å². The summed E-state index contributed by atoms with van der Waals surface area (Å²) in [6, 6.07) is 27.8. The molecule has 2 saturated carbocycles. The van der Waals surface area contributed by atoms with E-state index in [0.29, 0.717) is 88.2 Å². The number of unbranched alkanes of at least 4 members (excludes halogenated alkanes) is 7. The Morgan fingerprint density at radius 2 is 1.06 bits per heavy atom. The van der Waals surface area contributed by atoms with Crippen LogP contribution >= 0.6 is 11.3 Å². The molecule has 18 heteroatoms. The summed E-state index contributed by atoms with van der Waals surface area (Å²) in [7, 11) is 1.38. The van der Waals surface area contributed by atoms with Crippen LogP contribution in [0.25, 0.3) is 10.2 Å². The van der Waals surface area contributed by atoms with Crippen molar-refractivity contribution in [3.8, 4) is 28.7 Å². The molecule has 4 aromatic carbocycles. The molecule has 17 nitrogen and oxygen atoms in total. The number of fused-ring (bicyclic) bond motifs is 1. The average Bonchev–Trinajstić information content (AvgIpc) is 4.00. The Morgan fingerprint density at radius 1 is 0.593 bits per heavy atom. The van der Waals surface area contributed by atoms with E-state index >= 15 is 0 Å². The number of ether oxygens (including phenoxy) is 8. The third kappa shape index (κ3) is 22.9. The van der Waals surface area contributed by atoms with Crippen LogP contribution in [-0.4, -0.2) is 86.6 Å². The number of aromatic nitrogens is 1. The molecule has 1 unspecified atom stereocenters. The van der Waals surface area contributed by atoms with Gasteiger partial charge in [-0.05, 0) is 190 Å². The number of nitrogens with zero attached hydrogens (tertiary/aromatic N) is 3. The van der Waals surface area contributed by atoms with E-state index in [1.165, 1.54) is 18.7 Å². The Morgan fingerprint density at radius 3 is 1.57 bits per heavy atom. The summed E-state index contributed by atoms with van der Waals surface area (Å²) >= 11 is 1.54. The summed E-state index contributed by atoms with van der Waals surface area (Å²) < 4.78 is 45.0. The van der Waals surface area contributed by atoms with Gasteiger partial charge in [0.25, 0.3) is 0 Å². The smallest absolute Gasteiger partial charge is 0.330 e. The fraction of sp³-hybridized carbons (Fsp3) is 0.471. The topological polar surface area (TPSA) is 205 Å². The first-order valence-corrected chi connectivity index (χ1v) is 31.1. The standard InChI is InChI=1S/C52H63N3O11S.C16H22O3/c1-5-7-14-35(3)55(52-54-44-15-10-11-16-46(44)67-52)53-34-40-33-43(29-30-45(40)66-51(60)39-19-17-36(18-20-39)48(57)61-4)65-50(59)38-23-21-37(22-24-38)49(58)64-42-27-25-41(26-28-42)62-31-12-8-9-13-32-63-47(56)6-2;1-3-16(17)19-13-7-5-4-6-12-18-15-10-8-14(2)9-11-15/h6,10-11,15-16,25-30,33-39H,2,5,7-9,12-14,17-24,31-32H2,1,3-4H3;3,8-11H,1,4-7,12-13H2,2H3/b53-34+;. The molecule has 462 valence electrons. The van der Waals surface area contributed by atoms with E-state index in [2.05, 4.69) is 33.9 Å². The monoisotopic (exact) mass is 1200 g/mol. The maximum atomic E-state index is 13.6. The number of benzene rings is 4. The highest BCUT2D eigenvalue weighted by Crippen LogP contribution is 2.36. The van der Waals surface area contributed by atoms with Gasteiger partial charge in [-0.2, -0.15) is 5.10 Å². The van der Waals surface area contributed by atoms with Crippen LogP contribution in [0, 0.1) is 30.6 Å². The highest BCUT2D eigenvalue weighted by molar-refractivity contribution is 7.22. The quantitative estimate of drug-likeness (QED) is 0.00747. The van der Waals surface area contributed by atoms with E-state index in [1.54, 1.807) is 60.0 Å². The van der Waals surface area contributed by atoms with Gasteiger partial charge in [-0.1, -0.05) is 74.1 Å². The second kappa shape index (κ2) is 36.9. The van der Waals surface area contributed by atoms with Gasteiger partial charge in [0.05, 0.1) is 79.7 Å². The minimum Gasteiger partial charge on any atom is -0.494 e. The number of hydrazone groups is 1. The van der Waals surface area contributed by atoms with Crippen molar-refractivity contribution in [1.82, 2.24) is 4.98 Å². The number of carbonyl (C=O) groups excluding carboxylic acids is 6. The van der Waals surface area contributed by atoms with Gasteiger partial charge in [0.2, 0.25) is 5.13 Å². The molecule has 1 atom stereocenters. The summed E-state index contributed by atoms with van der Waals surface area (Å²) in [6.07, 6.45) is 18.4. The minimum atomic E-state index is -0.418. The fourth-order valence-electron chi connectivity index (χ4n) is 9.92. The van der Waals surface area contributed by atoms with Crippen LogP contribution in [0.15, 0.2) is 121 Å². The molecule has 2 fully saturated rings. The minimum absolute atomic E-state index is 0.00299. The molecule has 0 saturated heterocycles. The number of anilines is 1. The highest BCUT2D eigenvalue weighted by atomic mass is 32.1. The van der Waals surface area contributed by atoms with Gasteiger partial charge in [-0.3, -0.25) is 19.2 Å². The Kier molecular flexibility index (Phi) is 28.8. The van der Waals surface area contributed by atoms with Gasteiger partial charge in [-0.25, -0.2) is 19.6 Å². The van der Waals surface area contributed by atoms with Crippen LogP contribution in [-0.2, 0) is 43.0 Å². The van der Waals surface area contributed by atoms with Gasteiger partial charge < -0.3 is 37.9 Å². The van der Waals surface area contributed by atoms with Crippen molar-refractivity contribution in [2.75, 3.05) is 38.5 Å². The van der Waals surface area contributed by atoms with E-state index in [-0.39, 0.29) is 53.2 Å². The molecule has 5 aromatic rings. The second-order valence-electron chi connectivity index (χ2n) is 21.7. The van der Waals surface area contributed by atoms with E-state index in [4.69, 9.17) is 48.0 Å². The first kappa shape index (κ1) is 67.3. The van der Waals surface area contributed by atoms with Crippen molar-refractivity contribution < 1.29 is 66.7 Å². The maximum absolute atomic E-state index is 13.6. The summed E-state index contributed by atoms with van der Waals surface area (Å²) in [5.41, 5.74) is 2.56. The van der Waals surface area contributed by atoms with Crippen LogP contribution in [0.1, 0.15) is 147 Å². The normalized spacial score (nSPS) is 16.7. The fourth-order valence-corrected chi connectivity index (χ4v) is 11.0. The Balaban J connectivity index is 0.000000529. The molecule has 1 heterocycles. The van der Waals surface area contributed by atoms with Crippen molar-refractivity contribution in [2.45, 2.75) is 149 Å². The van der Waals surface area contributed by atoms with E-state index in [0.717, 1.165) is 104 Å². The molecular weight excluding hydrogens is 1110 g/mol. The third-order valence-electron chi connectivity index (χ3n) is 15.1. The molecule has 2 aliphatic carbocycles. The molecule has 0 amide bonds. The number of hydrogen-bond acceptors (Lipinski definition) is 18. The van der Waals surface area contributed by atoms with Gasteiger partial charge in [0, 0.05) is 17.7 Å². The number of carbonyl (C=O) groups is 6. The Bertz CT molecular complexity index is 2950. The number of rotatable bonds is 32. The zero-order valence-electron chi connectivity index (χ0n) is 50.4. The number of esters is 6. The van der Waals surface area contributed by atoms with Crippen LogP contribution in [0.2, 0.25) is 0 Å². The lowest BCUT2D eigenvalue weighted by Crippen LogP contribution is -2.30. The number of thiazole rings is 1. The van der Waals surface area contributed by atoms with Crippen molar-refractivity contribution in [3.05, 3.63) is 127 Å². The molecule has 0 bridgehead atoms. The van der Waals surface area contributed by atoms with Crippen LogP contribution in [0.4, 0.5) is 5.13 Å². The van der Waals surface area contributed by atoms with E-state index in [1.807, 2.05) is 53.5 Å². The lowest BCUT2D eigenvalue weighted by molar-refractivity contribution is -0.149. The van der Waals surface area contributed by atoms with Gasteiger partial charge >= 0.3 is 35.8 Å². The first-order valence-electron chi connectivity index (χ1n) is 30.3. The molecule has 0 N–H and O–H groups in total. The number of aryl methyl sites for hydroxylation is 1. The van der Waals surface area contributed by atoms with Crippen molar-refractivity contribution >= 4 is 68.7 Å².